The number of hydrogen-bond donors (Lipinski definition) is 1. The number of aromatic nitrogens is 2. The number of piperidine rings is 1. The van der Waals surface area contributed by atoms with Gasteiger partial charge in [-0.2, -0.15) is 4.98 Å². The summed E-state index contributed by atoms with van der Waals surface area (Å²) in [6.07, 6.45) is 5.23. The molecule has 152 valence electrons. The molecule has 1 saturated heterocycles. The van der Waals surface area contributed by atoms with Gasteiger partial charge in [-0.15, -0.1) is 0 Å². The summed E-state index contributed by atoms with van der Waals surface area (Å²) in [5.74, 6) is 2.04. The minimum Gasteiger partial charge on any atom is -0.352 e. The average molecular weight is 385 g/mol. The van der Waals surface area contributed by atoms with E-state index in [2.05, 4.69) is 52.4 Å². The van der Waals surface area contributed by atoms with Crippen molar-refractivity contribution in [3.63, 3.8) is 0 Å². The molecule has 1 aliphatic rings. The number of nitrogens with zero attached hydrogens (tertiary/aromatic N) is 3. The molecule has 0 aliphatic carbocycles. The summed E-state index contributed by atoms with van der Waals surface area (Å²) in [6.45, 7) is 8.24. The highest BCUT2D eigenvalue weighted by Gasteiger charge is 2.17. The zero-order chi connectivity index (χ0) is 19.8. The monoisotopic (exact) mass is 384 g/mol. The van der Waals surface area contributed by atoms with E-state index in [1.165, 1.54) is 24.0 Å². The Morgan fingerprint density at radius 3 is 2.89 bits per heavy atom. The number of likely N-dealkylation sites (tertiary alicyclic amines) is 1. The van der Waals surface area contributed by atoms with E-state index >= 15 is 0 Å². The molecule has 0 bridgehead atoms. The molecule has 2 aromatic rings. The van der Waals surface area contributed by atoms with E-state index in [1.807, 2.05) is 6.07 Å². The van der Waals surface area contributed by atoms with Gasteiger partial charge in [0.15, 0.2) is 5.82 Å². The molecule has 0 spiro atoms. The maximum absolute atomic E-state index is 12.3. The number of amides is 1. The SMILES string of the molecule is CCCc1noc(CCC(=O)NCc2ccccc2CN2CCC[C@H](C)C2)n1. The fourth-order valence-corrected chi connectivity index (χ4v) is 3.77. The lowest BCUT2D eigenvalue weighted by Gasteiger charge is -2.31. The zero-order valence-corrected chi connectivity index (χ0v) is 17.1. The molecule has 28 heavy (non-hydrogen) atoms. The van der Waals surface area contributed by atoms with Crippen molar-refractivity contribution in [1.29, 1.82) is 0 Å². The largest absolute Gasteiger partial charge is 0.352 e. The Balaban J connectivity index is 1.47. The van der Waals surface area contributed by atoms with Crippen LogP contribution >= 0.6 is 0 Å². The van der Waals surface area contributed by atoms with Gasteiger partial charge in [-0.1, -0.05) is 43.3 Å². The van der Waals surface area contributed by atoms with E-state index in [0.29, 0.717) is 25.3 Å². The van der Waals surface area contributed by atoms with E-state index in [9.17, 15) is 4.79 Å². The minimum absolute atomic E-state index is 0.0108. The van der Waals surface area contributed by atoms with Gasteiger partial charge in [0.05, 0.1) is 0 Å². The molecule has 1 fully saturated rings. The number of carbonyl (C=O) groups excluding carboxylic acids is 1. The maximum atomic E-state index is 12.3. The van der Waals surface area contributed by atoms with Crippen LogP contribution in [0.4, 0.5) is 0 Å². The van der Waals surface area contributed by atoms with E-state index in [0.717, 1.165) is 44.2 Å². The Morgan fingerprint density at radius 1 is 1.29 bits per heavy atom. The molecule has 0 unspecified atom stereocenters. The number of aryl methyl sites for hydroxylation is 2. The number of hydrogen-bond acceptors (Lipinski definition) is 5. The van der Waals surface area contributed by atoms with Crippen molar-refractivity contribution < 1.29 is 9.32 Å². The second kappa shape index (κ2) is 10.4. The van der Waals surface area contributed by atoms with Gasteiger partial charge in [-0.05, 0) is 42.9 Å². The third kappa shape index (κ3) is 6.16. The number of benzene rings is 1. The smallest absolute Gasteiger partial charge is 0.227 e. The Kier molecular flexibility index (Phi) is 7.60. The second-order valence-electron chi connectivity index (χ2n) is 7.88. The summed E-state index contributed by atoms with van der Waals surface area (Å²) >= 11 is 0. The Bertz CT molecular complexity index is 758. The van der Waals surface area contributed by atoms with Gasteiger partial charge >= 0.3 is 0 Å². The quantitative estimate of drug-likeness (QED) is 0.716. The van der Waals surface area contributed by atoms with Crippen molar-refractivity contribution in [2.24, 2.45) is 5.92 Å². The molecule has 6 heteroatoms. The number of nitrogens with one attached hydrogen (secondary N) is 1. The molecule has 0 saturated carbocycles. The van der Waals surface area contributed by atoms with Crippen LogP contribution in [0.25, 0.3) is 0 Å². The van der Waals surface area contributed by atoms with Gasteiger partial charge in [0.2, 0.25) is 11.8 Å². The molecular formula is C22H32N4O2. The minimum atomic E-state index is 0.0108. The second-order valence-corrected chi connectivity index (χ2v) is 7.88. The third-order valence-electron chi connectivity index (χ3n) is 5.28. The van der Waals surface area contributed by atoms with Crippen molar-refractivity contribution in [3.8, 4) is 0 Å². The highest BCUT2D eigenvalue weighted by atomic mass is 16.5. The summed E-state index contributed by atoms with van der Waals surface area (Å²) in [4.78, 5) is 19.1. The van der Waals surface area contributed by atoms with Crippen LogP contribution in [0.15, 0.2) is 28.8 Å². The standard InChI is InChI=1S/C22H32N4O2/c1-3-7-20-24-22(28-25-20)12-11-21(27)23-14-18-9-4-5-10-19(18)16-26-13-6-8-17(2)15-26/h4-5,9-10,17H,3,6-8,11-16H2,1-2H3,(H,23,27)/t17-/m0/s1. The molecule has 0 radical (unpaired) electrons. The molecule has 2 heterocycles. The molecule has 1 aromatic heterocycles. The predicted octanol–water partition coefficient (Wildman–Crippen LogP) is 3.50. The van der Waals surface area contributed by atoms with Crippen molar-refractivity contribution >= 4 is 5.91 Å². The fourth-order valence-electron chi connectivity index (χ4n) is 3.77. The van der Waals surface area contributed by atoms with E-state index in [-0.39, 0.29) is 5.91 Å². The first-order valence-corrected chi connectivity index (χ1v) is 10.5. The molecule has 1 N–H and O–H groups in total. The topological polar surface area (TPSA) is 71.3 Å². The van der Waals surface area contributed by atoms with Crippen molar-refractivity contribution in [2.75, 3.05) is 13.1 Å². The lowest BCUT2D eigenvalue weighted by atomic mass is 9.99. The van der Waals surface area contributed by atoms with Gasteiger partial charge in [0.25, 0.3) is 0 Å². The summed E-state index contributed by atoms with van der Waals surface area (Å²) < 4.78 is 5.20. The van der Waals surface area contributed by atoms with Crippen LogP contribution in [0, 0.1) is 5.92 Å². The summed E-state index contributed by atoms with van der Waals surface area (Å²) in [5, 5.41) is 6.97. The molecule has 1 amide bonds. The summed E-state index contributed by atoms with van der Waals surface area (Å²) in [6, 6.07) is 8.40. The van der Waals surface area contributed by atoms with Crippen molar-refractivity contribution in [2.45, 2.75) is 65.5 Å². The van der Waals surface area contributed by atoms with Crippen LogP contribution in [0.3, 0.4) is 0 Å². The highest BCUT2D eigenvalue weighted by molar-refractivity contribution is 5.76. The lowest BCUT2D eigenvalue weighted by molar-refractivity contribution is -0.121. The van der Waals surface area contributed by atoms with E-state index < -0.39 is 0 Å². The molecule has 1 atom stereocenters. The highest BCUT2D eigenvalue weighted by Crippen LogP contribution is 2.19. The first-order valence-electron chi connectivity index (χ1n) is 10.5. The van der Waals surface area contributed by atoms with Crippen LogP contribution in [0.2, 0.25) is 0 Å². The van der Waals surface area contributed by atoms with Gasteiger partial charge < -0.3 is 9.84 Å². The number of carbonyl (C=O) groups is 1. The Labute approximate surface area is 167 Å². The zero-order valence-electron chi connectivity index (χ0n) is 17.1. The molecule has 6 nitrogen and oxygen atoms in total. The van der Waals surface area contributed by atoms with E-state index in [1.54, 1.807) is 0 Å². The molecular weight excluding hydrogens is 352 g/mol. The van der Waals surface area contributed by atoms with Crippen LogP contribution in [0.1, 0.15) is 62.4 Å². The molecule has 3 rings (SSSR count). The number of rotatable bonds is 9. The van der Waals surface area contributed by atoms with Gasteiger partial charge in [-0.3, -0.25) is 9.69 Å². The van der Waals surface area contributed by atoms with Crippen LogP contribution in [-0.4, -0.2) is 34.0 Å². The van der Waals surface area contributed by atoms with Gasteiger partial charge in [0, 0.05) is 38.9 Å². The van der Waals surface area contributed by atoms with Crippen LogP contribution in [-0.2, 0) is 30.7 Å². The molecule has 1 aliphatic heterocycles. The van der Waals surface area contributed by atoms with Gasteiger partial charge in [0.1, 0.15) is 0 Å². The normalized spacial score (nSPS) is 17.6. The predicted molar refractivity (Wildman–Crippen MR) is 109 cm³/mol. The van der Waals surface area contributed by atoms with Crippen LogP contribution in [0.5, 0.6) is 0 Å². The fraction of sp³-hybridized carbons (Fsp3) is 0.591. The summed E-state index contributed by atoms with van der Waals surface area (Å²) in [5.41, 5.74) is 2.50. The van der Waals surface area contributed by atoms with Crippen LogP contribution < -0.4 is 5.32 Å². The van der Waals surface area contributed by atoms with Crippen molar-refractivity contribution in [1.82, 2.24) is 20.4 Å². The molecule has 1 aromatic carbocycles. The first-order chi connectivity index (χ1) is 13.6. The van der Waals surface area contributed by atoms with Crippen molar-refractivity contribution in [3.05, 3.63) is 47.1 Å². The summed E-state index contributed by atoms with van der Waals surface area (Å²) in [7, 11) is 0. The maximum Gasteiger partial charge on any atom is 0.227 e. The first kappa shape index (κ1) is 20.5. The Hall–Kier alpha value is -2.21. The third-order valence-corrected chi connectivity index (χ3v) is 5.28. The Morgan fingerprint density at radius 2 is 2.11 bits per heavy atom. The van der Waals surface area contributed by atoms with Gasteiger partial charge in [-0.25, -0.2) is 0 Å². The average Bonchev–Trinajstić information content (AvgIpc) is 3.13. The van der Waals surface area contributed by atoms with E-state index in [4.69, 9.17) is 4.52 Å². The lowest BCUT2D eigenvalue weighted by Crippen LogP contribution is -2.34.